The van der Waals surface area contributed by atoms with Crippen LogP contribution in [-0.4, -0.2) is 19.0 Å². The first-order valence-electron chi connectivity index (χ1n) is 7.06. The number of carbonyl (C=O) groups is 1. The van der Waals surface area contributed by atoms with Crippen molar-refractivity contribution in [1.82, 2.24) is 0 Å². The van der Waals surface area contributed by atoms with Gasteiger partial charge in [0, 0.05) is 12.2 Å². The molecule has 0 atom stereocenters. The zero-order valence-corrected chi connectivity index (χ0v) is 14.1. The summed E-state index contributed by atoms with van der Waals surface area (Å²) < 4.78 is 0. The average molecular weight is 337 g/mol. The number of nitrogens with zero attached hydrogens (tertiary/aromatic N) is 1. The Balaban J connectivity index is 2.10. The van der Waals surface area contributed by atoms with Crippen LogP contribution in [0.3, 0.4) is 0 Å². The van der Waals surface area contributed by atoms with Crippen molar-refractivity contribution in [2.24, 2.45) is 0 Å². The van der Waals surface area contributed by atoms with E-state index in [0.29, 0.717) is 15.7 Å². The number of rotatable bonds is 5. The van der Waals surface area contributed by atoms with Gasteiger partial charge in [0.2, 0.25) is 5.91 Å². The Bertz CT molecular complexity index is 653. The Labute approximate surface area is 140 Å². The third-order valence-electron chi connectivity index (χ3n) is 3.31. The van der Waals surface area contributed by atoms with Gasteiger partial charge in [-0.2, -0.15) is 0 Å². The van der Waals surface area contributed by atoms with Crippen LogP contribution in [0.5, 0.6) is 0 Å². The number of nitrogens with one attached hydrogen (secondary N) is 1. The van der Waals surface area contributed by atoms with E-state index < -0.39 is 0 Å². The van der Waals surface area contributed by atoms with E-state index in [0.717, 1.165) is 17.8 Å². The number of aryl methyl sites for hydroxylation is 1. The monoisotopic (exact) mass is 336 g/mol. The summed E-state index contributed by atoms with van der Waals surface area (Å²) in [4.78, 5) is 14.3. The number of amides is 1. The fraction of sp³-hybridized carbons (Fsp3) is 0.235. The number of likely N-dealkylation sites (N-methyl/N-ethyl adjacent to an activating group) is 1. The summed E-state index contributed by atoms with van der Waals surface area (Å²) in [6.07, 6.45) is 0. The predicted octanol–water partition coefficient (Wildman–Crippen LogP) is 4.77. The first-order chi connectivity index (χ1) is 10.5. The SMILES string of the molecule is CCN(CC(=O)Nc1c(Cl)cccc1Cl)c1cccc(C)c1. The lowest BCUT2D eigenvalue weighted by atomic mass is 10.2. The lowest BCUT2D eigenvalue weighted by molar-refractivity contribution is -0.115. The third-order valence-corrected chi connectivity index (χ3v) is 3.94. The van der Waals surface area contributed by atoms with Gasteiger partial charge in [-0.25, -0.2) is 0 Å². The molecule has 5 heteroatoms. The molecule has 22 heavy (non-hydrogen) atoms. The van der Waals surface area contributed by atoms with Crippen molar-refractivity contribution in [2.75, 3.05) is 23.3 Å². The molecular weight excluding hydrogens is 319 g/mol. The maximum Gasteiger partial charge on any atom is 0.243 e. The number of anilines is 2. The molecule has 0 saturated heterocycles. The third kappa shape index (κ3) is 4.15. The van der Waals surface area contributed by atoms with Gasteiger partial charge in [-0.05, 0) is 43.7 Å². The standard InChI is InChI=1S/C17H18Cl2N2O/c1-3-21(13-7-4-6-12(2)10-13)11-16(22)20-17-14(18)8-5-9-15(17)19/h4-10H,3,11H2,1-2H3,(H,20,22). The predicted molar refractivity (Wildman–Crippen MR) is 94.2 cm³/mol. The molecule has 0 aliphatic heterocycles. The van der Waals surface area contributed by atoms with Crippen LogP contribution < -0.4 is 10.2 Å². The Morgan fingerprint density at radius 1 is 1.14 bits per heavy atom. The second-order valence-electron chi connectivity index (χ2n) is 5.00. The van der Waals surface area contributed by atoms with E-state index in [-0.39, 0.29) is 12.5 Å². The van der Waals surface area contributed by atoms with Crippen LogP contribution in [0.1, 0.15) is 12.5 Å². The molecule has 0 saturated carbocycles. The van der Waals surface area contributed by atoms with Gasteiger partial charge in [-0.15, -0.1) is 0 Å². The number of hydrogen-bond donors (Lipinski definition) is 1. The molecular formula is C17H18Cl2N2O. The second kappa shape index (κ2) is 7.52. The smallest absolute Gasteiger partial charge is 0.243 e. The first-order valence-corrected chi connectivity index (χ1v) is 7.82. The van der Waals surface area contributed by atoms with Gasteiger partial charge in [-0.1, -0.05) is 41.4 Å². The van der Waals surface area contributed by atoms with Crippen LogP contribution in [0.15, 0.2) is 42.5 Å². The Hall–Kier alpha value is -1.71. The van der Waals surface area contributed by atoms with Crippen LogP contribution in [-0.2, 0) is 4.79 Å². The Morgan fingerprint density at radius 3 is 2.36 bits per heavy atom. The zero-order valence-electron chi connectivity index (χ0n) is 12.6. The highest BCUT2D eigenvalue weighted by Crippen LogP contribution is 2.29. The van der Waals surface area contributed by atoms with Crippen molar-refractivity contribution in [3.63, 3.8) is 0 Å². The summed E-state index contributed by atoms with van der Waals surface area (Å²) in [5, 5.41) is 3.64. The van der Waals surface area contributed by atoms with Crippen molar-refractivity contribution < 1.29 is 4.79 Å². The molecule has 2 rings (SSSR count). The molecule has 1 N–H and O–H groups in total. The molecule has 0 aliphatic carbocycles. The Morgan fingerprint density at radius 2 is 1.77 bits per heavy atom. The fourth-order valence-corrected chi connectivity index (χ4v) is 2.67. The van der Waals surface area contributed by atoms with E-state index in [1.807, 2.05) is 36.9 Å². The van der Waals surface area contributed by atoms with Crippen molar-refractivity contribution in [2.45, 2.75) is 13.8 Å². The number of hydrogen-bond acceptors (Lipinski definition) is 2. The number of halogens is 2. The maximum absolute atomic E-state index is 12.3. The molecule has 0 bridgehead atoms. The van der Waals surface area contributed by atoms with Crippen LogP contribution >= 0.6 is 23.2 Å². The van der Waals surface area contributed by atoms with Gasteiger partial charge in [0.25, 0.3) is 0 Å². The molecule has 2 aromatic carbocycles. The van der Waals surface area contributed by atoms with Gasteiger partial charge < -0.3 is 10.2 Å². The summed E-state index contributed by atoms with van der Waals surface area (Å²) in [5.41, 5.74) is 2.63. The summed E-state index contributed by atoms with van der Waals surface area (Å²) in [7, 11) is 0. The molecule has 0 radical (unpaired) electrons. The fourth-order valence-electron chi connectivity index (χ4n) is 2.18. The second-order valence-corrected chi connectivity index (χ2v) is 5.81. The van der Waals surface area contributed by atoms with Crippen molar-refractivity contribution in [3.05, 3.63) is 58.1 Å². The number of carbonyl (C=O) groups excluding carboxylic acids is 1. The van der Waals surface area contributed by atoms with Gasteiger partial charge in [0.05, 0.1) is 22.3 Å². The van der Waals surface area contributed by atoms with E-state index in [9.17, 15) is 4.79 Å². The lowest BCUT2D eigenvalue weighted by Crippen LogP contribution is -2.33. The number of benzene rings is 2. The topological polar surface area (TPSA) is 32.3 Å². The molecule has 0 aliphatic rings. The minimum atomic E-state index is -0.154. The highest BCUT2D eigenvalue weighted by molar-refractivity contribution is 6.39. The molecule has 0 aromatic heterocycles. The van der Waals surface area contributed by atoms with Gasteiger partial charge >= 0.3 is 0 Å². The number of para-hydroxylation sites is 1. The normalized spacial score (nSPS) is 10.4. The minimum absolute atomic E-state index is 0.154. The molecule has 0 spiro atoms. The van der Waals surface area contributed by atoms with Crippen molar-refractivity contribution in [3.8, 4) is 0 Å². The summed E-state index contributed by atoms with van der Waals surface area (Å²) in [6.45, 7) is 5.01. The van der Waals surface area contributed by atoms with Crippen molar-refractivity contribution >= 4 is 40.5 Å². The van der Waals surface area contributed by atoms with E-state index >= 15 is 0 Å². The van der Waals surface area contributed by atoms with Gasteiger partial charge in [0.1, 0.15) is 0 Å². The zero-order chi connectivity index (χ0) is 16.1. The summed E-state index contributed by atoms with van der Waals surface area (Å²) >= 11 is 12.1. The molecule has 0 unspecified atom stereocenters. The highest BCUT2D eigenvalue weighted by atomic mass is 35.5. The Kier molecular flexibility index (Phi) is 5.69. The quantitative estimate of drug-likeness (QED) is 0.853. The molecule has 0 fully saturated rings. The first kappa shape index (κ1) is 16.7. The van der Waals surface area contributed by atoms with E-state index in [1.165, 1.54) is 0 Å². The van der Waals surface area contributed by atoms with E-state index in [4.69, 9.17) is 23.2 Å². The highest BCUT2D eigenvalue weighted by Gasteiger charge is 2.13. The van der Waals surface area contributed by atoms with Crippen molar-refractivity contribution in [1.29, 1.82) is 0 Å². The van der Waals surface area contributed by atoms with Gasteiger partial charge in [0.15, 0.2) is 0 Å². The van der Waals surface area contributed by atoms with Crippen LogP contribution in [0.4, 0.5) is 11.4 Å². The molecule has 3 nitrogen and oxygen atoms in total. The molecule has 1 amide bonds. The van der Waals surface area contributed by atoms with Gasteiger partial charge in [-0.3, -0.25) is 4.79 Å². The van der Waals surface area contributed by atoms with Crippen LogP contribution in [0, 0.1) is 6.92 Å². The minimum Gasteiger partial charge on any atom is -0.362 e. The summed E-state index contributed by atoms with van der Waals surface area (Å²) in [6, 6.07) is 13.2. The van der Waals surface area contributed by atoms with Crippen LogP contribution in [0.25, 0.3) is 0 Å². The maximum atomic E-state index is 12.3. The molecule has 0 heterocycles. The summed E-state index contributed by atoms with van der Waals surface area (Å²) in [5.74, 6) is -0.154. The van der Waals surface area contributed by atoms with E-state index in [2.05, 4.69) is 11.4 Å². The average Bonchev–Trinajstić information content (AvgIpc) is 2.48. The lowest BCUT2D eigenvalue weighted by Gasteiger charge is -2.23. The van der Waals surface area contributed by atoms with Crippen LogP contribution in [0.2, 0.25) is 10.0 Å². The molecule has 116 valence electrons. The van der Waals surface area contributed by atoms with E-state index in [1.54, 1.807) is 18.2 Å². The molecule has 2 aromatic rings. The largest absolute Gasteiger partial charge is 0.362 e.